The van der Waals surface area contributed by atoms with Crippen LogP contribution in [0.2, 0.25) is 0 Å². The van der Waals surface area contributed by atoms with Gasteiger partial charge in [0.25, 0.3) is 0 Å². The van der Waals surface area contributed by atoms with Crippen LogP contribution in [0.15, 0.2) is 0 Å². The Morgan fingerprint density at radius 2 is 1.71 bits per heavy atom. The van der Waals surface area contributed by atoms with Crippen molar-refractivity contribution >= 4 is 5.91 Å². The quantitative estimate of drug-likeness (QED) is 0.696. The molecule has 3 fully saturated rings. The largest absolute Gasteiger partial charge is 0.326 e. The van der Waals surface area contributed by atoms with Gasteiger partial charge in [-0.3, -0.25) is 4.79 Å². The third-order valence-electron chi connectivity index (χ3n) is 4.88. The normalized spacial score (nSPS) is 40.3. The van der Waals surface area contributed by atoms with E-state index in [-0.39, 0.29) is 12.0 Å². The van der Waals surface area contributed by atoms with E-state index in [4.69, 9.17) is 5.26 Å². The average molecular weight is 232 g/mol. The van der Waals surface area contributed by atoms with Gasteiger partial charge in [-0.15, -0.1) is 0 Å². The summed E-state index contributed by atoms with van der Waals surface area (Å²) < 4.78 is 0. The lowest BCUT2D eigenvalue weighted by atomic mass is 10.0. The molecule has 3 heteroatoms. The lowest BCUT2D eigenvalue weighted by Gasteiger charge is -2.31. The zero-order valence-electron chi connectivity index (χ0n) is 10.3. The molecule has 0 N–H and O–H groups in total. The summed E-state index contributed by atoms with van der Waals surface area (Å²) in [7, 11) is 0. The van der Waals surface area contributed by atoms with Crippen molar-refractivity contribution in [3.63, 3.8) is 0 Å². The standard InChI is InChI=1S/C14H20N2O/c15-9-10-5-3-4-8-16(10)14(17)13-11-6-1-2-7-12(11)13/h10-13H,1-8H2. The summed E-state index contributed by atoms with van der Waals surface area (Å²) in [6, 6.07) is 2.16. The topological polar surface area (TPSA) is 44.1 Å². The van der Waals surface area contributed by atoms with E-state index in [0.29, 0.717) is 17.7 Å². The van der Waals surface area contributed by atoms with Crippen LogP contribution in [-0.4, -0.2) is 23.4 Å². The third-order valence-corrected chi connectivity index (χ3v) is 4.88. The molecule has 92 valence electrons. The van der Waals surface area contributed by atoms with Crippen LogP contribution in [0.4, 0.5) is 0 Å². The van der Waals surface area contributed by atoms with Crippen LogP contribution < -0.4 is 0 Å². The first-order valence-corrected chi connectivity index (χ1v) is 7.03. The number of carbonyl (C=O) groups is 1. The Morgan fingerprint density at radius 1 is 1.06 bits per heavy atom. The second kappa shape index (κ2) is 4.33. The summed E-state index contributed by atoms with van der Waals surface area (Å²) in [6.45, 7) is 0.813. The number of piperidine rings is 1. The summed E-state index contributed by atoms with van der Waals surface area (Å²) in [5, 5.41) is 9.13. The molecule has 2 saturated carbocycles. The maximum absolute atomic E-state index is 12.5. The first-order valence-electron chi connectivity index (χ1n) is 7.03. The Bertz CT molecular complexity index is 348. The van der Waals surface area contributed by atoms with Gasteiger partial charge in [0.05, 0.1) is 6.07 Å². The molecule has 17 heavy (non-hydrogen) atoms. The number of carbonyl (C=O) groups excluding carboxylic acids is 1. The van der Waals surface area contributed by atoms with Crippen LogP contribution in [0.3, 0.4) is 0 Å². The second-order valence-corrected chi connectivity index (χ2v) is 5.81. The van der Waals surface area contributed by atoms with E-state index in [2.05, 4.69) is 6.07 Å². The highest BCUT2D eigenvalue weighted by atomic mass is 16.2. The molecule has 2 aliphatic carbocycles. The monoisotopic (exact) mass is 232 g/mol. The fraction of sp³-hybridized carbons (Fsp3) is 0.857. The zero-order valence-corrected chi connectivity index (χ0v) is 10.3. The van der Waals surface area contributed by atoms with Crippen molar-refractivity contribution in [1.82, 2.24) is 4.90 Å². The fourth-order valence-corrected chi connectivity index (χ4v) is 3.88. The highest BCUT2D eigenvalue weighted by Gasteiger charge is 2.56. The summed E-state index contributed by atoms with van der Waals surface area (Å²) in [4.78, 5) is 14.4. The number of hydrogen-bond acceptors (Lipinski definition) is 2. The molecular formula is C14H20N2O. The Balaban J connectivity index is 1.68. The SMILES string of the molecule is N#CC1CCCCN1C(=O)C1C2CCCCC21. The molecule has 3 atom stereocenters. The summed E-state index contributed by atoms with van der Waals surface area (Å²) >= 11 is 0. The number of fused-ring (bicyclic) bond motifs is 1. The average Bonchev–Trinajstić information content (AvgIpc) is 3.12. The van der Waals surface area contributed by atoms with E-state index < -0.39 is 0 Å². The molecule has 0 bridgehead atoms. The van der Waals surface area contributed by atoms with E-state index in [0.717, 1.165) is 25.8 Å². The first-order chi connectivity index (χ1) is 8.33. The molecule has 3 rings (SSSR count). The molecule has 1 amide bonds. The van der Waals surface area contributed by atoms with Gasteiger partial charge in [-0.05, 0) is 43.9 Å². The molecule has 3 nitrogen and oxygen atoms in total. The zero-order chi connectivity index (χ0) is 11.8. The number of hydrogen-bond donors (Lipinski definition) is 0. The van der Waals surface area contributed by atoms with Gasteiger partial charge in [0.2, 0.25) is 5.91 Å². The molecule has 0 aromatic carbocycles. The molecule has 0 spiro atoms. The van der Waals surface area contributed by atoms with Crippen molar-refractivity contribution in [3.8, 4) is 6.07 Å². The second-order valence-electron chi connectivity index (χ2n) is 5.81. The number of likely N-dealkylation sites (tertiary alicyclic amines) is 1. The van der Waals surface area contributed by atoms with Gasteiger partial charge in [0, 0.05) is 12.5 Å². The lowest BCUT2D eigenvalue weighted by molar-refractivity contribution is -0.135. The number of nitrogens with zero attached hydrogens (tertiary/aromatic N) is 2. The third kappa shape index (κ3) is 1.84. The Kier molecular flexibility index (Phi) is 2.82. The van der Waals surface area contributed by atoms with E-state index in [9.17, 15) is 4.79 Å². The van der Waals surface area contributed by atoms with Gasteiger partial charge in [-0.2, -0.15) is 5.26 Å². The van der Waals surface area contributed by atoms with Crippen molar-refractivity contribution in [2.75, 3.05) is 6.54 Å². The van der Waals surface area contributed by atoms with Crippen LogP contribution in [-0.2, 0) is 4.79 Å². The van der Waals surface area contributed by atoms with Crippen molar-refractivity contribution < 1.29 is 4.79 Å². The summed E-state index contributed by atoms with van der Waals surface area (Å²) in [6.07, 6.45) is 8.13. The van der Waals surface area contributed by atoms with Gasteiger partial charge in [0.1, 0.15) is 6.04 Å². The fourth-order valence-electron chi connectivity index (χ4n) is 3.88. The summed E-state index contributed by atoms with van der Waals surface area (Å²) in [5.74, 6) is 1.91. The van der Waals surface area contributed by atoms with Gasteiger partial charge in [-0.25, -0.2) is 0 Å². The summed E-state index contributed by atoms with van der Waals surface area (Å²) in [5.41, 5.74) is 0. The van der Waals surface area contributed by atoms with Crippen molar-refractivity contribution in [2.24, 2.45) is 17.8 Å². The molecule has 3 aliphatic rings. The predicted octanol–water partition coefficient (Wildman–Crippen LogP) is 2.33. The number of rotatable bonds is 1. The predicted molar refractivity (Wildman–Crippen MR) is 63.9 cm³/mol. The molecule has 1 aliphatic heterocycles. The van der Waals surface area contributed by atoms with Gasteiger partial charge >= 0.3 is 0 Å². The molecule has 3 unspecified atom stereocenters. The van der Waals surface area contributed by atoms with Crippen molar-refractivity contribution in [3.05, 3.63) is 0 Å². The van der Waals surface area contributed by atoms with E-state index in [1.54, 1.807) is 0 Å². The maximum Gasteiger partial charge on any atom is 0.227 e. The number of nitriles is 1. The van der Waals surface area contributed by atoms with Crippen LogP contribution >= 0.6 is 0 Å². The Hall–Kier alpha value is -1.04. The van der Waals surface area contributed by atoms with E-state index in [1.807, 2.05) is 4.90 Å². The molecular weight excluding hydrogens is 212 g/mol. The highest BCUT2D eigenvalue weighted by molar-refractivity contribution is 5.83. The van der Waals surface area contributed by atoms with E-state index >= 15 is 0 Å². The smallest absolute Gasteiger partial charge is 0.227 e. The van der Waals surface area contributed by atoms with E-state index in [1.165, 1.54) is 25.7 Å². The van der Waals surface area contributed by atoms with Crippen LogP contribution in [0.1, 0.15) is 44.9 Å². The minimum atomic E-state index is -0.140. The van der Waals surface area contributed by atoms with Crippen molar-refractivity contribution in [2.45, 2.75) is 51.0 Å². The lowest BCUT2D eigenvalue weighted by Crippen LogP contribution is -2.44. The van der Waals surface area contributed by atoms with Gasteiger partial charge in [-0.1, -0.05) is 12.8 Å². The van der Waals surface area contributed by atoms with Gasteiger partial charge < -0.3 is 4.90 Å². The Labute approximate surface area is 103 Å². The van der Waals surface area contributed by atoms with Crippen LogP contribution in [0.25, 0.3) is 0 Å². The molecule has 1 heterocycles. The van der Waals surface area contributed by atoms with Gasteiger partial charge in [0.15, 0.2) is 0 Å². The van der Waals surface area contributed by atoms with Crippen molar-refractivity contribution in [1.29, 1.82) is 5.26 Å². The molecule has 0 aromatic heterocycles. The minimum Gasteiger partial charge on any atom is -0.326 e. The molecule has 0 radical (unpaired) electrons. The molecule has 0 aromatic rings. The highest BCUT2D eigenvalue weighted by Crippen LogP contribution is 2.56. The number of amides is 1. The van der Waals surface area contributed by atoms with Crippen LogP contribution in [0, 0.1) is 29.1 Å². The van der Waals surface area contributed by atoms with Crippen LogP contribution in [0.5, 0.6) is 0 Å². The first kappa shape index (κ1) is 11.1. The minimum absolute atomic E-state index is 0.140. The molecule has 1 saturated heterocycles. The maximum atomic E-state index is 12.5. The Morgan fingerprint density at radius 3 is 2.35 bits per heavy atom.